The van der Waals surface area contributed by atoms with E-state index in [0.29, 0.717) is 5.04 Å². The van der Waals surface area contributed by atoms with Crippen molar-refractivity contribution in [3.05, 3.63) is 11.6 Å². The molecular weight excluding hydrogens is 451 g/mol. The van der Waals surface area contributed by atoms with Gasteiger partial charge in [0, 0.05) is 0 Å². The van der Waals surface area contributed by atoms with E-state index in [1.165, 1.54) is 43.0 Å². The first-order valence-corrected chi connectivity index (χ1v) is 22.9. The van der Waals surface area contributed by atoms with E-state index in [-0.39, 0.29) is 0 Å². The normalized spacial score (nSPS) is 14.0. The van der Waals surface area contributed by atoms with Crippen LogP contribution in [0.15, 0.2) is 11.6 Å². The summed E-state index contributed by atoms with van der Waals surface area (Å²) < 4.78 is 13.0. The third-order valence-electron chi connectivity index (χ3n) is 6.70. The topological polar surface area (TPSA) is 9.23 Å². The molecule has 0 spiro atoms. The molecule has 0 saturated carbocycles. The Morgan fingerprint density at radius 1 is 0.852 bits per heavy atom. The average molecular weight is 503 g/mol. The summed E-state index contributed by atoms with van der Waals surface area (Å²) in [4.78, 5) is 0. The zero-order valence-electron chi connectivity index (χ0n) is 20.5. The Balaban J connectivity index is 5.38. The summed E-state index contributed by atoms with van der Waals surface area (Å²) in [6, 6.07) is 0. The Kier molecular flexibility index (Phi) is 14.2. The summed E-state index contributed by atoms with van der Waals surface area (Å²) in [7, 11) is -1.67. The van der Waals surface area contributed by atoms with E-state index in [0.717, 1.165) is 13.0 Å². The molecule has 0 aliphatic carbocycles. The van der Waals surface area contributed by atoms with Crippen molar-refractivity contribution in [1.82, 2.24) is 0 Å². The summed E-state index contributed by atoms with van der Waals surface area (Å²) in [5.41, 5.74) is 1.67. The van der Waals surface area contributed by atoms with Crippen molar-refractivity contribution in [2.75, 3.05) is 6.61 Å². The van der Waals surface area contributed by atoms with Gasteiger partial charge in [0.05, 0.1) is 0 Å². The van der Waals surface area contributed by atoms with Crippen LogP contribution in [0.1, 0.15) is 93.4 Å². The van der Waals surface area contributed by atoms with Crippen molar-refractivity contribution in [2.24, 2.45) is 0 Å². The Labute approximate surface area is 178 Å². The molecule has 0 aliphatic rings. The van der Waals surface area contributed by atoms with E-state index in [2.05, 4.69) is 67.6 Å². The molecule has 0 aromatic rings. The Bertz CT molecular complexity index is 387. The van der Waals surface area contributed by atoms with Crippen LogP contribution in [0, 0.1) is 0 Å². The van der Waals surface area contributed by atoms with Gasteiger partial charge in [0.2, 0.25) is 0 Å². The number of unbranched alkanes of at least 4 members (excludes halogenated alkanes) is 3. The monoisotopic (exact) mass is 504 g/mol. The average Bonchev–Trinajstić information content (AvgIpc) is 2.60. The standard InChI is InChI=1S/C12H25OSi.3C4H9.Sn/c1-8-9-11(2)10-13-14(6,7)12(3,4)5;3*1-3-4-2;/h9H,2,8,10H2,1,3-7H3;3*1,3-4H2,2H3;. The molecule has 0 aliphatic heterocycles. The van der Waals surface area contributed by atoms with Gasteiger partial charge in [0.25, 0.3) is 0 Å². The van der Waals surface area contributed by atoms with Crippen molar-refractivity contribution in [2.45, 2.75) is 129 Å². The molecule has 0 heterocycles. The van der Waals surface area contributed by atoms with Crippen LogP contribution >= 0.6 is 0 Å². The SMILES string of the molecule is CCC=C(CO[Si](C)(C)C(C)(C)C)[CH2][Sn]([CH2]CCC)([CH2]CCC)[CH2]CCC. The van der Waals surface area contributed by atoms with Gasteiger partial charge in [-0.3, -0.25) is 0 Å². The molecular formula is C24H52OSiSn. The number of hydrogen-bond acceptors (Lipinski definition) is 1. The van der Waals surface area contributed by atoms with Crippen molar-refractivity contribution in [3.8, 4) is 0 Å². The first kappa shape index (κ1) is 27.7. The molecule has 0 bridgehead atoms. The van der Waals surface area contributed by atoms with Crippen molar-refractivity contribution in [3.63, 3.8) is 0 Å². The summed E-state index contributed by atoms with van der Waals surface area (Å²) in [6.07, 6.45) is 12.2. The van der Waals surface area contributed by atoms with Gasteiger partial charge >= 0.3 is 179 Å². The first-order chi connectivity index (χ1) is 12.6. The van der Waals surface area contributed by atoms with Gasteiger partial charge in [-0.25, -0.2) is 0 Å². The maximum atomic E-state index is 6.67. The van der Waals surface area contributed by atoms with Crippen molar-refractivity contribution in [1.29, 1.82) is 0 Å². The molecule has 1 nitrogen and oxygen atoms in total. The van der Waals surface area contributed by atoms with Crippen LogP contribution < -0.4 is 0 Å². The van der Waals surface area contributed by atoms with Crippen molar-refractivity contribution >= 4 is 26.7 Å². The van der Waals surface area contributed by atoms with E-state index in [4.69, 9.17) is 4.43 Å². The van der Waals surface area contributed by atoms with Crippen LogP contribution in [0.3, 0.4) is 0 Å². The zero-order chi connectivity index (χ0) is 21.0. The third-order valence-corrected chi connectivity index (χ3v) is 26.7. The molecule has 27 heavy (non-hydrogen) atoms. The number of rotatable bonds is 15. The summed E-state index contributed by atoms with van der Waals surface area (Å²) in [5, 5.41) is 0.303. The second-order valence-electron chi connectivity index (χ2n) is 10.3. The number of allylic oxidation sites excluding steroid dienone is 1. The minimum absolute atomic E-state index is 0.303. The zero-order valence-corrected chi connectivity index (χ0v) is 24.3. The third kappa shape index (κ3) is 10.9. The molecule has 0 atom stereocenters. The van der Waals surface area contributed by atoms with Gasteiger partial charge in [-0.15, -0.1) is 0 Å². The van der Waals surface area contributed by atoms with E-state index in [9.17, 15) is 0 Å². The van der Waals surface area contributed by atoms with Gasteiger partial charge in [-0.2, -0.15) is 0 Å². The predicted octanol–water partition coefficient (Wildman–Crippen LogP) is 9.19. The molecule has 0 saturated heterocycles. The Morgan fingerprint density at radius 2 is 1.30 bits per heavy atom. The van der Waals surface area contributed by atoms with Crippen LogP contribution in [0.25, 0.3) is 0 Å². The van der Waals surface area contributed by atoms with Gasteiger partial charge in [-0.05, 0) is 0 Å². The Hall–Kier alpha value is 0.716. The molecule has 0 aromatic carbocycles. The fourth-order valence-corrected chi connectivity index (χ4v) is 21.3. The number of hydrogen-bond donors (Lipinski definition) is 0. The molecule has 0 N–H and O–H groups in total. The molecule has 0 unspecified atom stereocenters. The summed E-state index contributed by atoms with van der Waals surface area (Å²) in [6.45, 7) is 22.2. The molecule has 0 fully saturated rings. The minimum atomic E-state index is -2.12. The quantitative estimate of drug-likeness (QED) is 0.160. The fraction of sp³-hybridized carbons (Fsp3) is 0.917. The maximum absolute atomic E-state index is 6.67. The summed E-state index contributed by atoms with van der Waals surface area (Å²) in [5.74, 6) is 0. The molecule has 0 aromatic heterocycles. The fourth-order valence-electron chi connectivity index (χ4n) is 3.74. The van der Waals surface area contributed by atoms with Crippen LogP contribution in [0.5, 0.6) is 0 Å². The van der Waals surface area contributed by atoms with Crippen LogP contribution in [0.2, 0.25) is 35.9 Å². The second kappa shape index (κ2) is 13.8. The van der Waals surface area contributed by atoms with Gasteiger partial charge in [-0.1, -0.05) is 0 Å². The van der Waals surface area contributed by atoms with Gasteiger partial charge in [0.1, 0.15) is 0 Å². The molecule has 162 valence electrons. The molecule has 0 rings (SSSR count). The molecule has 3 heteroatoms. The van der Waals surface area contributed by atoms with Crippen molar-refractivity contribution < 1.29 is 4.43 Å². The van der Waals surface area contributed by atoms with Crippen LogP contribution in [-0.4, -0.2) is 33.3 Å². The van der Waals surface area contributed by atoms with Gasteiger partial charge in [0.15, 0.2) is 0 Å². The van der Waals surface area contributed by atoms with E-state index in [1.807, 2.05) is 0 Å². The first-order valence-electron chi connectivity index (χ1n) is 11.9. The van der Waals surface area contributed by atoms with E-state index < -0.39 is 26.7 Å². The van der Waals surface area contributed by atoms with E-state index >= 15 is 0 Å². The second-order valence-corrected chi connectivity index (χ2v) is 29.0. The summed E-state index contributed by atoms with van der Waals surface area (Å²) >= 11 is -2.12. The molecule has 0 amide bonds. The predicted molar refractivity (Wildman–Crippen MR) is 131 cm³/mol. The van der Waals surface area contributed by atoms with Crippen LogP contribution in [-0.2, 0) is 4.43 Å². The van der Waals surface area contributed by atoms with Crippen LogP contribution in [0.4, 0.5) is 0 Å². The Morgan fingerprint density at radius 3 is 1.63 bits per heavy atom. The van der Waals surface area contributed by atoms with Gasteiger partial charge < -0.3 is 0 Å². The van der Waals surface area contributed by atoms with E-state index in [1.54, 1.807) is 18.9 Å². The molecule has 0 radical (unpaired) electrons.